The number of aromatic nitrogens is 1. The summed E-state index contributed by atoms with van der Waals surface area (Å²) in [6.45, 7) is 2.57. The number of nitrogens with zero attached hydrogens (tertiary/aromatic N) is 1. The maximum atomic E-state index is 12.8. The van der Waals surface area contributed by atoms with E-state index in [1.165, 1.54) is 0 Å². The number of carbonyl (C=O) groups is 1. The Balaban J connectivity index is 1.60. The molecule has 5 rings (SSSR count). The molecule has 1 amide bonds. The Kier molecular flexibility index (Phi) is 5.96. The minimum Gasteiger partial charge on any atom is -0.494 e. The molecule has 0 aliphatic carbocycles. The van der Waals surface area contributed by atoms with Gasteiger partial charge in [0.25, 0.3) is 5.91 Å². The summed E-state index contributed by atoms with van der Waals surface area (Å²) in [4.78, 5) is 18.8. The lowest BCUT2D eigenvalue weighted by Gasteiger charge is -2.10. The highest BCUT2D eigenvalue weighted by molar-refractivity contribution is 7.99. The van der Waals surface area contributed by atoms with E-state index in [2.05, 4.69) is 23.5 Å². The maximum Gasteiger partial charge on any atom is 0.255 e. The molecule has 0 fully saturated rings. The van der Waals surface area contributed by atoms with E-state index in [-0.39, 0.29) is 5.91 Å². The number of pyridine rings is 1. The molecule has 4 aromatic rings. The highest BCUT2D eigenvalue weighted by atomic mass is 32.2. The molecule has 0 saturated heterocycles. The molecule has 1 N–H and O–H groups in total. The molecule has 0 saturated carbocycles. The van der Waals surface area contributed by atoms with Crippen molar-refractivity contribution in [3.05, 3.63) is 108 Å². The molecule has 1 aliphatic rings. The largest absolute Gasteiger partial charge is 0.494 e. The molecule has 3 aromatic carbocycles. The van der Waals surface area contributed by atoms with Gasteiger partial charge < -0.3 is 10.1 Å². The Labute approximate surface area is 197 Å². The van der Waals surface area contributed by atoms with Gasteiger partial charge in [0, 0.05) is 27.1 Å². The van der Waals surface area contributed by atoms with Gasteiger partial charge in [-0.3, -0.25) is 4.79 Å². The fourth-order valence-corrected chi connectivity index (χ4v) is 4.59. The zero-order valence-electron chi connectivity index (χ0n) is 18.1. The lowest BCUT2D eigenvalue weighted by atomic mass is 10.1. The lowest BCUT2D eigenvalue weighted by Crippen LogP contribution is -2.15. The van der Waals surface area contributed by atoms with Crippen LogP contribution in [0.4, 0.5) is 0 Å². The predicted molar refractivity (Wildman–Crippen MR) is 134 cm³/mol. The fraction of sp³-hybridized carbons (Fsp3) is 0.0714. The molecular formula is C28H22N2O2S. The van der Waals surface area contributed by atoms with Gasteiger partial charge in [-0.2, -0.15) is 0 Å². The average Bonchev–Trinajstić information content (AvgIpc) is 3.21. The van der Waals surface area contributed by atoms with Crippen LogP contribution in [0.2, 0.25) is 0 Å². The summed E-state index contributed by atoms with van der Waals surface area (Å²) >= 11 is 1.59. The van der Waals surface area contributed by atoms with Crippen molar-refractivity contribution in [1.29, 1.82) is 0 Å². The summed E-state index contributed by atoms with van der Waals surface area (Å²) in [6.07, 6.45) is 3.81. The third-order valence-electron chi connectivity index (χ3n) is 5.25. The Morgan fingerprint density at radius 3 is 2.48 bits per heavy atom. The number of carbonyl (C=O) groups excluding carboxylic acids is 1. The van der Waals surface area contributed by atoms with Crippen molar-refractivity contribution in [3.63, 3.8) is 0 Å². The van der Waals surface area contributed by atoms with Crippen molar-refractivity contribution in [2.24, 2.45) is 0 Å². The molecule has 162 valence electrons. The fourth-order valence-electron chi connectivity index (χ4n) is 3.69. The van der Waals surface area contributed by atoms with Crippen LogP contribution in [0, 0.1) is 0 Å². The summed E-state index contributed by atoms with van der Waals surface area (Å²) in [7, 11) is 0. The molecule has 0 atom stereocenters. The van der Waals surface area contributed by atoms with Crippen molar-refractivity contribution in [2.75, 3.05) is 6.61 Å². The van der Waals surface area contributed by atoms with E-state index >= 15 is 0 Å². The predicted octanol–water partition coefficient (Wildman–Crippen LogP) is 6.34. The van der Waals surface area contributed by atoms with Crippen LogP contribution >= 0.6 is 11.8 Å². The van der Waals surface area contributed by atoms with Gasteiger partial charge in [-0.15, -0.1) is 0 Å². The number of rotatable bonds is 6. The number of amides is 1. The van der Waals surface area contributed by atoms with Crippen LogP contribution in [0.5, 0.6) is 5.75 Å². The third kappa shape index (κ3) is 4.69. The normalized spacial score (nSPS) is 14.4. The van der Waals surface area contributed by atoms with Crippen molar-refractivity contribution in [3.8, 4) is 5.75 Å². The molecule has 5 heteroatoms. The number of hydrogen-bond acceptors (Lipinski definition) is 4. The topological polar surface area (TPSA) is 51.2 Å². The van der Waals surface area contributed by atoms with Crippen LogP contribution in [-0.2, 0) is 4.79 Å². The van der Waals surface area contributed by atoms with E-state index in [1.807, 2.05) is 85.8 Å². The lowest BCUT2D eigenvalue weighted by molar-refractivity contribution is -0.115. The molecule has 2 heterocycles. The molecule has 0 unspecified atom stereocenters. The molecule has 0 spiro atoms. The standard InChI is InChI=1S/C28H22N2O2S/c1-2-32-23-13-14-25-20(17-23)15-22(28(30-25)33-24-11-7-4-8-12-24)16-21-18-26(29-27(21)31)19-9-5-3-6-10-19/h3-18H,2H2,1H3,(H,29,31). The van der Waals surface area contributed by atoms with Gasteiger partial charge >= 0.3 is 0 Å². The van der Waals surface area contributed by atoms with Crippen molar-refractivity contribution in [1.82, 2.24) is 10.3 Å². The van der Waals surface area contributed by atoms with Crippen LogP contribution in [0.25, 0.3) is 22.7 Å². The molecule has 4 nitrogen and oxygen atoms in total. The van der Waals surface area contributed by atoms with E-state index in [0.29, 0.717) is 12.2 Å². The zero-order valence-corrected chi connectivity index (χ0v) is 18.9. The second-order valence-corrected chi connectivity index (χ2v) is 8.63. The Hall–Kier alpha value is -3.83. The van der Waals surface area contributed by atoms with Crippen LogP contribution in [0.15, 0.2) is 106 Å². The van der Waals surface area contributed by atoms with Gasteiger partial charge in [0.05, 0.1) is 12.1 Å². The first kappa shape index (κ1) is 21.0. The first-order valence-electron chi connectivity index (χ1n) is 10.8. The first-order valence-corrected chi connectivity index (χ1v) is 11.6. The SMILES string of the molecule is CCOc1ccc2nc(Sc3ccccc3)c(C=C3C=C(c4ccccc4)NC3=O)cc2c1. The van der Waals surface area contributed by atoms with Crippen LogP contribution in [-0.4, -0.2) is 17.5 Å². The third-order valence-corrected chi connectivity index (χ3v) is 6.28. The summed E-state index contributed by atoms with van der Waals surface area (Å²) in [5.41, 5.74) is 4.16. The highest BCUT2D eigenvalue weighted by Crippen LogP contribution is 2.34. The van der Waals surface area contributed by atoms with Crippen LogP contribution < -0.4 is 10.1 Å². The average molecular weight is 451 g/mol. The minimum absolute atomic E-state index is 0.118. The molecule has 1 aromatic heterocycles. The van der Waals surface area contributed by atoms with E-state index in [0.717, 1.165) is 43.4 Å². The van der Waals surface area contributed by atoms with Gasteiger partial charge in [-0.1, -0.05) is 60.3 Å². The van der Waals surface area contributed by atoms with Gasteiger partial charge in [0.2, 0.25) is 0 Å². The first-order chi connectivity index (χ1) is 16.2. The smallest absolute Gasteiger partial charge is 0.255 e. The molecule has 0 bridgehead atoms. The van der Waals surface area contributed by atoms with E-state index in [4.69, 9.17) is 9.72 Å². The van der Waals surface area contributed by atoms with Crippen LogP contribution in [0.1, 0.15) is 18.1 Å². The van der Waals surface area contributed by atoms with Crippen molar-refractivity contribution >= 4 is 40.3 Å². The number of hydrogen-bond donors (Lipinski definition) is 1. The van der Waals surface area contributed by atoms with Crippen molar-refractivity contribution in [2.45, 2.75) is 16.8 Å². The minimum atomic E-state index is -0.118. The summed E-state index contributed by atoms with van der Waals surface area (Å²) in [5.74, 6) is 0.686. The molecule has 1 aliphatic heterocycles. The second kappa shape index (κ2) is 9.35. The van der Waals surface area contributed by atoms with Gasteiger partial charge in [0.1, 0.15) is 10.8 Å². The zero-order chi connectivity index (χ0) is 22.6. The summed E-state index contributed by atoms with van der Waals surface area (Å²) < 4.78 is 5.67. The van der Waals surface area contributed by atoms with Crippen molar-refractivity contribution < 1.29 is 9.53 Å². The van der Waals surface area contributed by atoms with Gasteiger partial charge in [-0.25, -0.2) is 4.98 Å². The van der Waals surface area contributed by atoms with E-state index in [1.54, 1.807) is 11.8 Å². The molecule has 0 radical (unpaired) electrons. The number of benzene rings is 3. The maximum absolute atomic E-state index is 12.8. The van der Waals surface area contributed by atoms with Crippen LogP contribution in [0.3, 0.4) is 0 Å². The Morgan fingerprint density at radius 1 is 0.970 bits per heavy atom. The Morgan fingerprint density at radius 2 is 1.73 bits per heavy atom. The summed E-state index contributed by atoms with van der Waals surface area (Å²) in [5, 5.41) is 4.79. The number of nitrogens with one attached hydrogen (secondary N) is 1. The van der Waals surface area contributed by atoms with Gasteiger partial charge in [0.15, 0.2) is 0 Å². The Bertz CT molecular complexity index is 1380. The molecule has 33 heavy (non-hydrogen) atoms. The van der Waals surface area contributed by atoms with Gasteiger partial charge in [-0.05, 0) is 61.0 Å². The summed E-state index contributed by atoms with van der Waals surface area (Å²) in [6, 6.07) is 28.0. The molecular weight excluding hydrogens is 428 g/mol. The monoisotopic (exact) mass is 450 g/mol. The van der Waals surface area contributed by atoms with E-state index in [9.17, 15) is 4.79 Å². The highest BCUT2D eigenvalue weighted by Gasteiger charge is 2.20. The number of ether oxygens (including phenoxy) is 1. The second-order valence-electron chi connectivity index (χ2n) is 7.56. The number of fused-ring (bicyclic) bond motifs is 1. The van der Waals surface area contributed by atoms with E-state index < -0.39 is 0 Å². The quantitative estimate of drug-likeness (QED) is 0.348.